The van der Waals surface area contributed by atoms with E-state index >= 15 is 0 Å². The number of aromatic hydroxyl groups is 1. The minimum atomic E-state index is -0.287. The molecule has 2 aromatic rings. The first-order chi connectivity index (χ1) is 13.1. The third kappa shape index (κ3) is 4.53. The van der Waals surface area contributed by atoms with E-state index in [-0.39, 0.29) is 36.4 Å². The molecule has 3 rings (SSSR count). The van der Waals surface area contributed by atoms with Crippen LogP contribution in [-0.2, 0) is 11.2 Å². The van der Waals surface area contributed by atoms with E-state index < -0.39 is 0 Å². The van der Waals surface area contributed by atoms with Gasteiger partial charge in [0.2, 0.25) is 5.91 Å². The number of imide groups is 1. The Kier molecular flexibility index (Phi) is 5.86. The van der Waals surface area contributed by atoms with Gasteiger partial charge in [0.15, 0.2) is 0 Å². The van der Waals surface area contributed by atoms with Crippen LogP contribution < -0.4 is 5.32 Å². The Bertz CT molecular complexity index is 811. The van der Waals surface area contributed by atoms with Gasteiger partial charge in [-0.05, 0) is 49.1 Å². The van der Waals surface area contributed by atoms with Gasteiger partial charge in [-0.25, -0.2) is 0 Å². The number of amides is 3. The van der Waals surface area contributed by atoms with E-state index in [0.717, 1.165) is 18.4 Å². The number of hydrogen-bond donors (Lipinski definition) is 2. The van der Waals surface area contributed by atoms with E-state index in [1.165, 1.54) is 4.90 Å². The fraction of sp³-hybridized carbons (Fsp3) is 0.286. The predicted octanol–water partition coefficient (Wildman–Crippen LogP) is 2.52. The van der Waals surface area contributed by atoms with Crippen LogP contribution in [0.2, 0.25) is 0 Å². The van der Waals surface area contributed by atoms with Crippen LogP contribution in [0.25, 0.3) is 0 Å². The summed E-state index contributed by atoms with van der Waals surface area (Å²) in [5.41, 5.74) is 1.97. The van der Waals surface area contributed by atoms with E-state index in [0.29, 0.717) is 24.1 Å². The summed E-state index contributed by atoms with van der Waals surface area (Å²) in [6, 6.07) is 13.8. The highest BCUT2D eigenvalue weighted by Gasteiger charge is 2.34. The topological polar surface area (TPSA) is 86.7 Å². The lowest BCUT2D eigenvalue weighted by molar-refractivity contribution is -0.121. The predicted molar refractivity (Wildman–Crippen MR) is 100 cm³/mol. The SMILES string of the molecule is O=C(CCCN1C(=O)c2ccccc2C1=O)NCCCc1ccc(O)cc1. The highest BCUT2D eigenvalue weighted by atomic mass is 16.3. The molecule has 0 aliphatic carbocycles. The smallest absolute Gasteiger partial charge is 0.261 e. The summed E-state index contributed by atoms with van der Waals surface area (Å²) in [5, 5.41) is 12.1. The lowest BCUT2D eigenvalue weighted by Crippen LogP contribution is -2.32. The van der Waals surface area contributed by atoms with Crippen molar-refractivity contribution in [2.24, 2.45) is 0 Å². The summed E-state index contributed by atoms with van der Waals surface area (Å²) in [6.07, 6.45) is 2.33. The second-order valence-corrected chi connectivity index (χ2v) is 6.53. The van der Waals surface area contributed by atoms with Crippen LogP contribution in [0.4, 0.5) is 0 Å². The first-order valence-electron chi connectivity index (χ1n) is 9.06. The van der Waals surface area contributed by atoms with Crippen LogP contribution in [0, 0.1) is 0 Å². The molecule has 0 atom stereocenters. The van der Waals surface area contributed by atoms with Gasteiger partial charge in [-0.2, -0.15) is 0 Å². The fourth-order valence-electron chi connectivity index (χ4n) is 3.11. The Morgan fingerprint density at radius 3 is 2.19 bits per heavy atom. The zero-order valence-corrected chi connectivity index (χ0v) is 15.0. The summed E-state index contributed by atoms with van der Waals surface area (Å²) in [6.45, 7) is 0.806. The Hall–Kier alpha value is -3.15. The lowest BCUT2D eigenvalue weighted by Gasteiger charge is -2.13. The van der Waals surface area contributed by atoms with Crippen LogP contribution in [-0.4, -0.2) is 40.8 Å². The number of aryl methyl sites for hydroxylation is 1. The van der Waals surface area contributed by atoms with Crippen molar-refractivity contribution in [3.63, 3.8) is 0 Å². The van der Waals surface area contributed by atoms with Crippen LogP contribution in [0.15, 0.2) is 48.5 Å². The Balaban J connectivity index is 1.35. The van der Waals surface area contributed by atoms with E-state index in [2.05, 4.69) is 5.32 Å². The maximum Gasteiger partial charge on any atom is 0.261 e. The van der Waals surface area contributed by atoms with Gasteiger partial charge < -0.3 is 10.4 Å². The Morgan fingerprint density at radius 1 is 0.926 bits per heavy atom. The molecule has 0 spiro atoms. The maximum absolute atomic E-state index is 12.2. The molecule has 0 unspecified atom stereocenters. The average Bonchev–Trinajstić information content (AvgIpc) is 2.92. The molecule has 1 aliphatic heterocycles. The summed E-state index contributed by atoms with van der Waals surface area (Å²) < 4.78 is 0. The van der Waals surface area contributed by atoms with E-state index in [4.69, 9.17) is 0 Å². The number of carbonyl (C=O) groups excluding carboxylic acids is 3. The normalized spacial score (nSPS) is 13.0. The number of rotatable bonds is 8. The van der Waals surface area contributed by atoms with Crippen molar-refractivity contribution in [1.29, 1.82) is 0 Å². The van der Waals surface area contributed by atoms with Crippen LogP contribution in [0.1, 0.15) is 45.5 Å². The summed E-state index contributed by atoms with van der Waals surface area (Å²) in [4.78, 5) is 37.6. The third-order valence-electron chi connectivity index (χ3n) is 4.56. The van der Waals surface area contributed by atoms with E-state index in [1.54, 1.807) is 36.4 Å². The molecule has 0 bridgehead atoms. The first kappa shape index (κ1) is 18.6. The number of nitrogens with one attached hydrogen (secondary N) is 1. The highest BCUT2D eigenvalue weighted by molar-refractivity contribution is 6.21. The molecule has 2 N–H and O–H groups in total. The zero-order chi connectivity index (χ0) is 19.2. The number of fused-ring (bicyclic) bond motifs is 1. The van der Waals surface area contributed by atoms with Gasteiger partial charge >= 0.3 is 0 Å². The minimum absolute atomic E-state index is 0.0858. The largest absolute Gasteiger partial charge is 0.508 e. The van der Waals surface area contributed by atoms with Crippen molar-refractivity contribution in [3.8, 4) is 5.75 Å². The molecule has 1 heterocycles. The summed E-state index contributed by atoms with van der Waals surface area (Å²) >= 11 is 0. The Labute approximate surface area is 157 Å². The van der Waals surface area contributed by atoms with Gasteiger partial charge in [-0.15, -0.1) is 0 Å². The quantitative estimate of drug-likeness (QED) is 0.555. The number of hydrogen-bond acceptors (Lipinski definition) is 4. The number of phenolic OH excluding ortho intramolecular Hbond substituents is 1. The van der Waals surface area contributed by atoms with Crippen LogP contribution in [0.5, 0.6) is 5.75 Å². The second kappa shape index (κ2) is 8.49. The van der Waals surface area contributed by atoms with Crippen molar-refractivity contribution in [2.75, 3.05) is 13.1 Å². The van der Waals surface area contributed by atoms with Crippen molar-refractivity contribution in [2.45, 2.75) is 25.7 Å². The third-order valence-corrected chi connectivity index (χ3v) is 4.56. The average molecular weight is 366 g/mol. The Morgan fingerprint density at radius 2 is 1.56 bits per heavy atom. The molecule has 3 amide bonds. The second-order valence-electron chi connectivity index (χ2n) is 6.53. The monoisotopic (exact) mass is 366 g/mol. The van der Waals surface area contributed by atoms with Gasteiger partial charge in [0.05, 0.1) is 11.1 Å². The molecular formula is C21H22N2O4. The number of phenols is 1. The van der Waals surface area contributed by atoms with Crippen molar-refractivity contribution < 1.29 is 19.5 Å². The van der Waals surface area contributed by atoms with Crippen LogP contribution >= 0.6 is 0 Å². The van der Waals surface area contributed by atoms with Gasteiger partial charge in [0.25, 0.3) is 11.8 Å². The molecule has 0 saturated heterocycles. The van der Waals surface area contributed by atoms with Gasteiger partial charge in [-0.3, -0.25) is 19.3 Å². The fourth-order valence-corrected chi connectivity index (χ4v) is 3.11. The number of carbonyl (C=O) groups is 3. The van der Waals surface area contributed by atoms with E-state index in [1.807, 2.05) is 12.1 Å². The highest BCUT2D eigenvalue weighted by Crippen LogP contribution is 2.22. The molecule has 27 heavy (non-hydrogen) atoms. The van der Waals surface area contributed by atoms with Gasteiger partial charge in [0.1, 0.15) is 5.75 Å². The molecule has 0 radical (unpaired) electrons. The van der Waals surface area contributed by atoms with Crippen molar-refractivity contribution >= 4 is 17.7 Å². The number of nitrogens with zero attached hydrogens (tertiary/aromatic N) is 1. The molecule has 2 aromatic carbocycles. The van der Waals surface area contributed by atoms with E-state index in [9.17, 15) is 19.5 Å². The van der Waals surface area contributed by atoms with Gasteiger partial charge in [-0.1, -0.05) is 24.3 Å². The zero-order valence-electron chi connectivity index (χ0n) is 15.0. The molecule has 0 fully saturated rings. The number of benzene rings is 2. The van der Waals surface area contributed by atoms with Crippen LogP contribution in [0.3, 0.4) is 0 Å². The standard InChI is InChI=1S/C21H22N2O4/c24-16-11-9-15(10-12-16)5-3-13-22-19(25)8-4-14-23-20(26)17-6-1-2-7-18(17)21(23)27/h1-2,6-7,9-12,24H,3-5,8,13-14H2,(H,22,25). The molecule has 0 saturated carbocycles. The van der Waals surface area contributed by atoms with Crippen molar-refractivity contribution in [1.82, 2.24) is 10.2 Å². The summed E-state index contributed by atoms with van der Waals surface area (Å²) in [7, 11) is 0. The first-order valence-corrected chi connectivity index (χ1v) is 9.06. The molecular weight excluding hydrogens is 344 g/mol. The molecule has 0 aromatic heterocycles. The van der Waals surface area contributed by atoms with Gasteiger partial charge in [0, 0.05) is 19.5 Å². The van der Waals surface area contributed by atoms with Crippen molar-refractivity contribution in [3.05, 3.63) is 65.2 Å². The lowest BCUT2D eigenvalue weighted by atomic mass is 10.1. The molecule has 6 heteroatoms. The molecule has 140 valence electrons. The minimum Gasteiger partial charge on any atom is -0.508 e. The molecule has 6 nitrogen and oxygen atoms in total. The molecule has 1 aliphatic rings. The summed E-state index contributed by atoms with van der Waals surface area (Å²) in [5.74, 6) is -0.419. The maximum atomic E-state index is 12.2.